The average Bonchev–Trinajstić information content (AvgIpc) is 3.09. The Morgan fingerprint density at radius 3 is 2.62 bits per heavy atom. The molecule has 0 radical (unpaired) electrons. The van der Waals surface area contributed by atoms with E-state index in [0.717, 1.165) is 12.1 Å². The minimum absolute atomic E-state index is 0.0417. The maximum Gasteiger partial charge on any atom is 0.338 e. The molecule has 26 heavy (non-hydrogen) atoms. The van der Waals surface area contributed by atoms with Crippen LogP contribution in [-0.2, 0) is 4.74 Å². The molecule has 2 aromatic carbocycles. The smallest absolute Gasteiger partial charge is 0.338 e. The second-order valence-corrected chi connectivity index (χ2v) is 5.27. The second kappa shape index (κ2) is 7.09. The van der Waals surface area contributed by atoms with Crippen molar-refractivity contribution in [1.29, 1.82) is 0 Å². The number of hydrogen-bond acceptors (Lipinski definition) is 7. The van der Waals surface area contributed by atoms with Gasteiger partial charge in [0.2, 0.25) is 6.79 Å². The Balaban J connectivity index is 1.88. The largest absolute Gasteiger partial charge is 0.462 e. The number of non-ortho nitro benzene ring substituents is 1. The summed E-state index contributed by atoms with van der Waals surface area (Å²) < 4.78 is 15.3. The quantitative estimate of drug-likeness (QED) is 0.496. The lowest BCUT2D eigenvalue weighted by molar-refractivity contribution is -0.384. The number of carbonyl (C=O) groups is 2. The summed E-state index contributed by atoms with van der Waals surface area (Å²) in [4.78, 5) is 34.7. The van der Waals surface area contributed by atoms with Gasteiger partial charge in [0, 0.05) is 29.4 Å². The molecule has 0 saturated heterocycles. The van der Waals surface area contributed by atoms with Crippen LogP contribution >= 0.6 is 0 Å². The molecular formula is C17H14N2O7. The maximum absolute atomic E-state index is 12.5. The third-order valence-corrected chi connectivity index (χ3v) is 3.53. The molecule has 0 spiro atoms. The van der Waals surface area contributed by atoms with Crippen molar-refractivity contribution in [2.24, 2.45) is 0 Å². The molecular weight excluding hydrogens is 344 g/mol. The Morgan fingerprint density at radius 1 is 1.15 bits per heavy atom. The molecule has 0 bridgehead atoms. The van der Waals surface area contributed by atoms with Crippen LogP contribution in [0.25, 0.3) is 0 Å². The summed E-state index contributed by atoms with van der Waals surface area (Å²) in [5, 5.41) is 13.7. The highest BCUT2D eigenvalue weighted by atomic mass is 16.7. The van der Waals surface area contributed by atoms with E-state index in [2.05, 4.69) is 5.32 Å². The lowest BCUT2D eigenvalue weighted by Gasteiger charge is -2.08. The van der Waals surface area contributed by atoms with Crippen LogP contribution in [0.1, 0.15) is 27.6 Å². The van der Waals surface area contributed by atoms with Crippen molar-refractivity contribution in [3.63, 3.8) is 0 Å². The third kappa shape index (κ3) is 3.56. The predicted octanol–water partition coefficient (Wildman–Crippen LogP) is 2.75. The lowest BCUT2D eigenvalue weighted by Crippen LogP contribution is -2.14. The summed E-state index contributed by atoms with van der Waals surface area (Å²) in [6.07, 6.45) is 0. The molecule has 1 amide bonds. The van der Waals surface area contributed by atoms with Crippen LogP contribution in [0, 0.1) is 10.1 Å². The number of carbonyl (C=O) groups excluding carboxylic acids is 2. The Bertz CT molecular complexity index is 895. The van der Waals surface area contributed by atoms with E-state index < -0.39 is 16.8 Å². The van der Waals surface area contributed by atoms with Crippen molar-refractivity contribution in [1.82, 2.24) is 0 Å². The van der Waals surface area contributed by atoms with Gasteiger partial charge < -0.3 is 19.5 Å². The van der Waals surface area contributed by atoms with Crippen molar-refractivity contribution < 1.29 is 28.7 Å². The molecule has 1 heterocycles. The summed E-state index contributed by atoms with van der Waals surface area (Å²) >= 11 is 0. The molecule has 134 valence electrons. The molecule has 1 aliphatic heterocycles. The Morgan fingerprint density at radius 2 is 1.88 bits per heavy atom. The van der Waals surface area contributed by atoms with E-state index in [1.54, 1.807) is 25.1 Å². The summed E-state index contributed by atoms with van der Waals surface area (Å²) in [6.45, 7) is 1.82. The van der Waals surface area contributed by atoms with Crippen LogP contribution in [0.15, 0.2) is 36.4 Å². The van der Waals surface area contributed by atoms with Gasteiger partial charge in [-0.2, -0.15) is 0 Å². The van der Waals surface area contributed by atoms with Gasteiger partial charge in [-0.3, -0.25) is 14.9 Å². The number of nitro groups is 1. The van der Waals surface area contributed by atoms with Crippen LogP contribution in [0.3, 0.4) is 0 Å². The predicted molar refractivity (Wildman–Crippen MR) is 89.6 cm³/mol. The van der Waals surface area contributed by atoms with E-state index in [9.17, 15) is 19.7 Å². The number of nitro benzene ring substituents is 1. The van der Waals surface area contributed by atoms with Gasteiger partial charge in [-0.15, -0.1) is 0 Å². The first-order valence-corrected chi connectivity index (χ1v) is 7.65. The number of nitrogens with one attached hydrogen (secondary N) is 1. The monoisotopic (exact) mass is 358 g/mol. The summed E-state index contributed by atoms with van der Waals surface area (Å²) in [7, 11) is 0. The normalized spacial score (nSPS) is 11.7. The summed E-state index contributed by atoms with van der Waals surface area (Å²) in [5.41, 5.74) is -0.0772. The highest BCUT2D eigenvalue weighted by molar-refractivity contribution is 6.06. The number of anilines is 1. The van der Waals surface area contributed by atoms with Crippen LogP contribution in [-0.4, -0.2) is 30.2 Å². The fourth-order valence-electron chi connectivity index (χ4n) is 2.36. The van der Waals surface area contributed by atoms with Crippen molar-refractivity contribution >= 4 is 23.3 Å². The first-order chi connectivity index (χ1) is 12.5. The fourth-order valence-corrected chi connectivity index (χ4v) is 2.36. The number of ether oxygens (including phenoxy) is 3. The van der Waals surface area contributed by atoms with Crippen LogP contribution in [0.5, 0.6) is 11.5 Å². The number of fused-ring (bicyclic) bond motifs is 1. The number of esters is 1. The molecule has 1 N–H and O–H groups in total. The van der Waals surface area contributed by atoms with Gasteiger partial charge in [0.15, 0.2) is 11.5 Å². The van der Waals surface area contributed by atoms with Gasteiger partial charge in [-0.1, -0.05) is 0 Å². The number of rotatable bonds is 5. The van der Waals surface area contributed by atoms with Gasteiger partial charge in [0.1, 0.15) is 0 Å². The van der Waals surface area contributed by atoms with Crippen LogP contribution in [0.4, 0.5) is 11.4 Å². The fraction of sp³-hybridized carbons (Fsp3) is 0.176. The van der Waals surface area contributed by atoms with E-state index in [1.165, 1.54) is 6.07 Å². The number of nitrogens with zero attached hydrogens (tertiary/aromatic N) is 1. The molecule has 0 aliphatic carbocycles. The Kier molecular flexibility index (Phi) is 4.70. The number of hydrogen-bond donors (Lipinski definition) is 1. The maximum atomic E-state index is 12.5. The number of benzene rings is 2. The van der Waals surface area contributed by atoms with Crippen LogP contribution in [0.2, 0.25) is 0 Å². The van der Waals surface area contributed by atoms with Gasteiger partial charge >= 0.3 is 5.97 Å². The first-order valence-electron chi connectivity index (χ1n) is 7.65. The Hall–Kier alpha value is -3.62. The minimum Gasteiger partial charge on any atom is -0.462 e. The van der Waals surface area contributed by atoms with Crippen LogP contribution < -0.4 is 14.8 Å². The molecule has 9 nitrogen and oxygen atoms in total. The molecule has 0 fully saturated rings. The van der Waals surface area contributed by atoms with E-state index in [-0.39, 0.29) is 30.2 Å². The van der Waals surface area contributed by atoms with E-state index in [4.69, 9.17) is 14.2 Å². The van der Waals surface area contributed by atoms with Gasteiger partial charge in [-0.25, -0.2) is 4.79 Å². The molecule has 0 aromatic heterocycles. The lowest BCUT2D eigenvalue weighted by atomic mass is 10.1. The zero-order chi connectivity index (χ0) is 18.7. The van der Waals surface area contributed by atoms with Crippen molar-refractivity contribution in [2.45, 2.75) is 6.92 Å². The topological polar surface area (TPSA) is 117 Å². The minimum atomic E-state index is -0.742. The van der Waals surface area contributed by atoms with Crippen molar-refractivity contribution in [2.75, 3.05) is 18.7 Å². The molecule has 9 heteroatoms. The Labute approximate surface area is 147 Å². The molecule has 2 aromatic rings. The van der Waals surface area contributed by atoms with E-state index in [0.29, 0.717) is 17.2 Å². The van der Waals surface area contributed by atoms with E-state index in [1.807, 2.05) is 0 Å². The highest BCUT2D eigenvalue weighted by Gasteiger charge is 2.20. The van der Waals surface area contributed by atoms with Crippen molar-refractivity contribution in [3.05, 3.63) is 57.6 Å². The first kappa shape index (κ1) is 17.2. The summed E-state index contributed by atoms with van der Waals surface area (Å²) in [5.74, 6) is -0.316. The number of amides is 1. The van der Waals surface area contributed by atoms with Gasteiger partial charge in [0.05, 0.1) is 17.1 Å². The standard InChI is InChI=1S/C17H14N2O7/c1-2-24-17(21)11-5-10(6-13(7-11)19(22)23)16(20)18-12-3-4-14-15(8-12)26-9-25-14/h3-8H,2,9H2,1H3,(H,18,20). The van der Waals surface area contributed by atoms with Gasteiger partial charge in [-0.05, 0) is 25.1 Å². The van der Waals surface area contributed by atoms with E-state index >= 15 is 0 Å². The summed E-state index contributed by atoms with van der Waals surface area (Å²) in [6, 6.07) is 8.21. The highest BCUT2D eigenvalue weighted by Crippen LogP contribution is 2.34. The third-order valence-electron chi connectivity index (χ3n) is 3.53. The molecule has 0 atom stereocenters. The molecule has 3 rings (SSSR count). The average molecular weight is 358 g/mol. The molecule has 0 unspecified atom stereocenters. The zero-order valence-electron chi connectivity index (χ0n) is 13.7. The van der Waals surface area contributed by atoms with Crippen molar-refractivity contribution in [3.8, 4) is 11.5 Å². The molecule has 0 saturated carbocycles. The second-order valence-electron chi connectivity index (χ2n) is 5.27. The molecule has 1 aliphatic rings. The zero-order valence-corrected chi connectivity index (χ0v) is 13.7. The SMILES string of the molecule is CCOC(=O)c1cc(C(=O)Nc2ccc3c(c2)OCO3)cc([N+](=O)[O-])c1. The van der Waals surface area contributed by atoms with Gasteiger partial charge in [0.25, 0.3) is 11.6 Å².